The molecule has 260 valence electrons. The van der Waals surface area contributed by atoms with Crippen molar-refractivity contribution in [3.8, 4) is 0 Å². The van der Waals surface area contributed by atoms with Gasteiger partial charge in [-0.25, -0.2) is 4.99 Å². The molecule has 4 aliphatic rings. The molecule has 2 fully saturated rings. The van der Waals surface area contributed by atoms with Crippen molar-refractivity contribution >= 4 is 63.8 Å². The number of aliphatic imine (C=N–C) groups is 1. The van der Waals surface area contributed by atoms with E-state index in [0.717, 1.165) is 99.0 Å². The number of amidine groups is 1. The van der Waals surface area contributed by atoms with Gasteiger partial charge in [0.1, 0.15) is 5.84 Å². The van der Waals surface area contributed by atoms with Crippen LogP contribution in [0.1, 0.15) is 23.1 Å². The number of hydrogen-bond donors (Lipinski definition) is 1. The molecular formula is C40H43Cl2N5OS2. The lowest BCUT2D eigenvalue weighted by Crippen LogP contribution is -2.47. The summed E-state index contributed by atoms with van der Waals surface area (Å²) < 4.78 is 0. The summed E-state index contributed by atoms with van der Waals surface area (Å²) in [6, 6.07) is 29.3. The third-order valence-corrected chi connectivity index (χ3v) is 12.4. The van der Waals surface area contributed by atoms with Crippen LogP contribution in [0.3, 0.4) is 0 Å². The second kappa shape index (κ2) is 16.7. The molecule has 50 heavy (non-hydrogen) atoms. The highest BCUT2D eigenvalue weighted by Crippen LogP contribution is 2.46. The van der Waals surface area contributed by atoms with Crippen LogP contribution in [-0.2, 0) is 0 Å². The SMILES string of the molecule is CN1CCN(C2=Nc3ccccc3Sc3ccc(Cl)cc32)CC1.OCCN1CCN(CC/C=C2/c3ccccc3Sc3ccc(Cl)cc32)CC1. The molecule has 0 amide bonds. The lowest BCUT2D eigenvalue weighted by Gasteiger charge is -2.34. The summed E-state index contributed by atoms with van der Waals surface area (Å²) in [6.45, 7) is 10.5. The van der Waals surface area contributed by atoms with Gasteiger partial charge in [-0.1, -0.05) is 83.1 Å². The van der Waals surface area contributed by atoms with E-state index < -0.39 is 0 Å². The minimum atomic E-state index is 0.255. The number of aliphatic hydroxyl groups excluding tert-OH is 1. The van der Waals surface area contributed by atoms with Gasteiger partial charge in [0.05, 0.1) is 12.3 Å². The number of nitrogens with zero attached hydrogens (tertiary/aromatic N) is 5. The van der Waals surface area contributed by atoms with Crippen LogP contribution in [0.4, 0.5) is 5.69 Å². The Labute approximate surface area is 314 Å². The van der Waals surface area contributed by atoms with E-state index in [1.54, 1.807) is 11.8 Å². The van der Waals surface area contributed by atoms with Gasteiger partial charge in [0.15, 0.2) is 0 Å². The number of piperazine rings is 2. The first kappa shape index (κ1) is 35.6. The van der Waals surface area contributed by atoms with Crippen LogP contribution in [0.15, 0.2) is 116 Å². The Morgan fingerprint density at radius 3 is 1.96 bits per heavy atom. The highest BCUT2D eigenvalue weighted by molar-refractivity contribution is 7.99. The van der Waals surface area contributed by atoms with Crippen LogP contribution in [0, 0.1) is 0 Å². The van der Waals surface area contributed by atoms with Crippen molar-refractivity contribution < 1.29 is 5.11 Å². The zero-order chi connectivity index (χ0) is 34.5. The van der Waals surface area contributed by atoms with Crippen LogP contribution in [0.25, 0.3) is 5.57 Å². The average molecular weight is 745 g/mol. The van der Waals surface area contributed by atoms with Crippen molar-refractivity contribution in [2.45, 2.75) is 26.0 Å². The van der Waals surface area contributed by atoms with Crippen molar-refractivity contribution in [2.24, 2.45) is 4.99 Å². The van der Waals surface area contributed by atoms with E-state index >= 15 is 0 Å². The number of aliphatic hydroxyl groups is 1. The van der Waals surface area contributed by atoms with Crippen molar-refractivity contribution in [3.63, 3.8) is 0 Å². The molecule has 0 aromatic heterocycles. The minimum absolute atomic E-state index is 0.255. The number of β-amino-alcohol motifs (C(OH)–C–C–N with tert-alkyl or cyclic N) is 1. The Hall–Kier alpha value is -2.79. The van der Waals surface area contributed by atoms with E-state index in [-0.39, 0.29) is 6.61 Å². The van der Waals surface area contributed by atoms with Gasteiger partial charge in [-0.2, -0.15) is 0 Å². The van der Waals surface area contributed by atoms with E-state index in [0.29, 0.717) is 0 Å². The first-order valence-electron chi connectivity index (χ1n) is 17.4. The van der Waals surface area contributed by atoms with Gasteiger partial charge in [-0.05, 0) is 84.8 Å². The maximum Gasteiger partial charge on any atom is 0.137 e. The zero-order valence-electron chi connectivity index (χ0n) is 28.4. The average Bonchev–Trinajstić information content (AvgIpc) is 3.29. The summed E-state index contributed by atoms with van der Waals surface area (Å²) in [5.41, 5.74) is 6.05. The highest BCUT2D eigenvalue weighted by atomic mass is 35.5. The Kier molecular flexibility index (Phi) is 11.9. The van der Waals surface area contributed by atoms with Gasteiger partial charge in [-0.15, -0.1) is 0 Å². The third kappa shape index (κ3) is 8.46. The predicted octanol–water partition coefficient (Wildman–Crippen LogP) is 8.37. The summed E-state index contributed by atoms with van der Waals surface area (Å²) in [5.74, 6) is 1.05. The molecule has 0 bridgehead atoms. The second-order valence-electron chi connectivity index (χ2n) is 13.0. The fourth-order valence-corrected chi connectivity index (χ4v) is 9.22. The third-order valence-electron chi connectivity index (χ3n) is 9.60. The molecule has 0 atom stereocenters. The van der Waals surface area contributed by atoms with Crippen LogP contribution < -0.4 is 0 Å². The summed E-state index contributed by atoms with van der Waals surface area (Å²) >= 11 is 16.2. The van der Waals surface area contributed by atoms with Crippen molar-refractivity contribution in [1.29, 1.82) is 0 Å². The molecule has 10 heteroatoms. The summed E-state index contributed by atoms with van der Waals surface area (Å²) in [6.07, 6.45) is 3.41. The smallest absolute Gasteiger partial charge is 0.137 e. The Morgan fingerprint density at radius 1 is 0.660 bits per heavy atom. The quantitative estimate of drug-likeness (QED) is 0.194. The normalized spacial score (nSPS) is 18.6. The fraction of sp³-hybridized carbons (Fsp3) is 0.325. The Bertz CT molecular complexity index is 1870. The second-order valence-corrected chi connectivity index (χ2v) is 16.0. The molecular weight excluding hydrogens is 702 g/mol. The summed E-state index contributed by atoms with van der Waals surface area (Å²) in [7, 11) is 2.17. The van der Waals surface area contributed by atoms with Crippen LogP contribution in [0.2, 0.25) is 10.0 Å². The van der Waals surface area contributed by atoms with Gasteiger partial charge >= 0.3 is 0 Å². The van der Waals surface area contributed by atoms with Gasteiger partial charge < -0.3 is 19.8 Å². The molecule has 0 aliphatic carbocycles. The number of halogens is 2. The Morgan fingerprint density at radius 2 is 1.24 bits per heavy atom. The lowest BCUT2D eigenvalue weighted by atomic mass is 9.96. The van der Waals surface area contributed by atoms with E-state index in [9.17, 15) is 0 Å². The number of rotatable bonds is 5. The monoisotopic (exact) mass is 743 g/mol. The number of benzene rings is 4. The summed E-state index contributed by atoms with van der Waals surface area (Å²) in [5, 5.41) is 10.6. The van der Waals surface area contributed by atoms with Crippen LogP contribution >= 0.6 is 46.7 Å². The Balaban J connectivity index is 0.000000159. The molecule has 8 rings (SSSR count). The molecule has 0 unspecified atom stereocenters. The van der Waals surface area contributed by atoms with Crippen molar-refractivity contribution in [1.82, 2.24) is 19.6 Å². The maximum absolute atomic E-state index is 9.08. The van der Waals surface area contributed by atoms with E-state index in [1.807, 2.05) is 36.0 Å². The molecule has 0 spiro atoms. The van der Waals surface area contributed by atoms with Crippen LogP contribution in [-0.4, -0.2) is 110 Å². The van der Waals surface area contributed by atoms with Crippen molar-refractivity contribution in [2.75, 3.05) is 79.1 Å². The van der Waals surface area contributed by atoms with Gasteiger partial charge in [0.2, 0.25) is 0 Å². The van der Waals surface area contributed by atoms with Gasteiger partial charge in [0, 0.05) is 101 Å². The first-order chi connectivity index (χ1) is 24.4. The number of likely N-dealkylation sites (N-methyl/N-ethyl adjacent to an activating group) is 1. The number of hydrogen-bond acceptors (Lipinski definition) is 8. The molecule has 0 saturated carbocycles. The first-order valence-corrected chi connectivity index (χ1v) is 19.8. The molecule has 1 N–H and O–H groups in total. The molecule has 4 aromatic rings. The standard InChI is InChI=1S/C22H25ClN2OS.C18H18ClN3S/c23-17-7-8-22-20(16-17)18(19-4-1-2-6-21(19)27-22)5-3-9-24-10-12-25(13-11-24)14-15-26;1-21-8-10-22(11-9-21)18-14-12-13(19)6-7-16(14)23-17-5-3-2-4-15(17)20-18/h1-2,4-8,16,26H,3,9-15H2;2-7,12H,8-11H2,1H3/b18-5-;. The molecule has 0 radical (unpaired) electrons. The molecule has 2 saturated heterocycles. The van der Waals surface area contributed by atoms with E-state index in [1.165, 1.54) is 36.3 Å². The maximum atomic E-state index is 9.08. The minimum Gasteiger partial charge on any atom is -0.395 e. The zero-order valence-corrected chi connectivity index (χ0v) is 31.5. The largest absolute Gasteiger partial charge is 0.395 e. The molecule has 4 heterocycles. The van der Waals surface area contributed by atoms with E-state index in [4.69, 9.17) is 33.3 Å². The van der Waals surface area contributed by atoms with Crippen LogP contribution in [0.5, 0.6) is 0 Å². The predicted molar refractivity (Wildman–Crippen MR) is 211 cm³/mol. The number of para-hydroxylation sites is 1. The fourth-order valence-electron chi connectivity index (χ4n) is 6.79. The summed E-state index contributed by atoms with van der Waals surface area (Å²) in [4.78, 5) is 19.6. The topological polar surface area (TPSA) is 45.6 Å². The highest BCUT2D eigenvalue weighted by Gasteiger charge is 2.25. The van der Waals surface area contributed by atoms with Gasteiger partial charge in [-0.3, -0.25) is 4.90 Å². The molecule has 4 aromatic carbocycles. The lowest BCUT2D eigenvalue weighted by molar-refractivity contribution is 0.114. The molecule has 6 nitrogen and oxygen atoms in total. The van der Waals surface area contributed by atoms with E-state index in [2.05, 4.69) is 93.4 Å². The molecule has 4 aliphatic heterocycles. The number of fused-ring (bicyclic) bond motifs is 4. The van der Waals surface area contributed by atoms with Gasteiger partial charge in [0.25, 0.3) is 0 Å². The van der Waals surface area contributed by atoms with Crippen molar-refractivity contribution in [3.05, 3.63) is 118 Å².